The summed E-state index contributed by atoms with van der Waals surface area (Å²) in [6, 6.07) is 0. The SMILES string of the molecule is C=CCSCCSCCOCCC. The second-order valence-electron chi connectivity index (χ2n) is 2.59. The van der Waals surface area contributed by atoms with Crippen LogP contribution in [0.2, 0.25) is 0 Å². The summed E-state index contributed by atoms with van der Waals surface area (Å²) in [5.41, 5.74) is 0. The molecule has 0 aliphatic carbocycles. The van der Waals surface area contributed by atoms with Gasteiger partial charge >= 0.3 is 0 Å². The summed E-state index contributed by atoms with van der Waals surface area (Å²) >= 11 is 3.92. The van der Waals surface area contributed by atoms with Crippen molar-refractivity contribution in [1.82, 2.24) is 0 Å². The molecule has 13 heavy (non-hydrogen) atoms. The maximum atomic E-state index is 5.37. The molecule has 0 radical (unpaired) electrons. The average Bonchev–Trinajstić information content (AvgIpc) is 2.16. The van der Waals surface area contributed by atoms with Crippen LogP contribution in [-0.4, -0.2) is 36.2 Å². The molecule has 0 bridgehead atoms. The van der Waals surface area contributed by atoms with E-state index in [-0.39, 0.29) is 0 Å². The molecule has 78 valence electrons. The number of rotatable bonds is 10. The minimum absolute atomic E-state index is 0.907. The topological polar surface area (TPSA) is 9.23 Å². The summed E-state index contributed by atoms with van der Waals surface area (Å²) in [6.45, 7) is 7.63. The number of hydrogen-bond acceptors (Lipinski definition) is 3. The first-order chi connectivity index (χ1) is 6.41. The largest absolute Gasteiger partial charge is 0.381 e. The van der Waals surface area contributed by atoms with E-state index in [4.69, 9.17) is 4.74 Å². The van der Waals surface area contributed by atoms with Gasteiger partial charge in [0, 0.05) is 29.6 Å². The van der Waals surface area contributed by atoms with Crippen molar-refractivity contribution < 1.29 is 4.74 Å². The van der Waals surface area contributed by atoms with Gasteiger partial charge in [-0.3, -0.25) is 0 Å². The lowest BCUT2D eigenvalue weighted by molar-refractivity contribution is 0.151. The normalized spacial score (nSPS) is 10.2. The Morgan fingerprint density at radius 3 is 2.62 bits per heavy atom. The molecule has 0 unspecified atom stereocenters. The van der Waals surface area contributed by atoms with Gasteiger partial charge in [0.05, 0.1) is 6.61 Å². The Bertz CT molecular complexity index is 107. The van der Waals surface area contributed by atoms with Crippen LogP contribution < -0.4 is 0 Å². The molecule has 0 aromatic heterocycles. The molecule has 0 aliphatic rings. The second-order valence-corrected chi connectivity index (χ2v) is 4.96. The van der Waals surface area contributed by atoms with Gasteiger partial charge in [-0.1, -0.05) is 13.0 Å². The molecule has 3 heteroatoms. The molecule has 0 saturated carbocycles. The van der Waals surface area contributed by atoms with Crippen molar-refractivity contribution in [2.75, 3.05) is 36.2 Å². The first-order valence-corrected chi connectivity index (χ1v) is 7.07. The van der Waals surface area contributed by atoms with E-state index < -0.39 is 0 Å². The van der Waals surface area contributed by atoms with Crippen molar-refractivity contribution in [2.45, 2.75) is 13.3 Å². The van der Waals surface area contributed by atoms with Gasteiger partial charge in [-0.15, -0.1) is 6.58 Å². The number of thioether (sulfide) groups is 2. The molecule has 0 saturated heterocycles. The summed E-state index contributed by atoms with van der Waals surface area (Å²) in [4.78, 5) is 0. The van der Waals surface area contributed by atoms with Gasteiger partial charge < -0.3 is 4.74 Å². The van der Waals surface area contributed by atoms with Crippen molar-refractivity contribution in [3.05, 3.63) is 12.7 Å². The summed E-state index contributed by atoms with van der Waals surface area (Å²) in [5.74, 6) is 4.67. The van der Waals surface area contributed by atoms with E-state index >= 15 is 0 Å². The molecule has 0 N–H and O–H groups in total. The van der Waals surface area contributed by atoms with Crippen LogP contribution in [0.1, 0.15) is 13.3 Å². The summed E-state index contributed by atoms with van der Waals surface area (Å²) in [7, 11) is 0. The third kappa shape index (κ3) is 12.4. The van der Waals surface area contributed by atoms with Crippen molar-refractivity contribution in [2.24, 2.45) is 0 Å². The first-order valence-electron chi connectivity index (χ1n) is 4.76. The summed E-state index contributed by atoms with van der Waals surface area (Å²) in [5, 5.41) is 0. The summed E-state index contributed by atoms with van der Waals surface area (Å²) < 4.78 is 5.37. The average molecular weight is 220 g/mol. The van der Waals surface area contributed by atoms with Gasteiger partial charge in [-0.25, -0.2) is 0 Å². The van der Waals surface area contributed by atoms with Crippen LogP contribution in [0.3, 0.4) is 0 Å². The van der Waals surface area contributed by atoms with E-state index in [1.54, 1.807) is 0 Å². The van der Waals surface area contributed by atoms with Gasteiger partial charge in [-0.05, 0) is 6.42 Å². The standard InChI is InChI=1S/C10H20OS2/c1-3-5-11-6-8-13-10-9-12-7-4-2/h4H,2-3,5-10H2,1H3. The third-order valence-corrected chi connectivity index (χ3v) is 3.50. The lowest BCUT2D eigenvalue weighted by Gasteiger charge is -2.02. The van der Waals surface area contributed by atoms with E-state index in [0.29, 0.717) is 0 Å². The van der Waals surface area contributed by atoms with Gasteiger partial charge in [-0.2, -0.15) is 23.5 Å². The molecule has 0 fully saturated rings. The van der Waals surface area contributed by atoms with Crippen molar-refractivity contribution in [3.8, 4) is 0 Å². The van der Waals surface area contributed by atoms with Crippen molar-refractivity contribution in [3.63, 3.8) is 0 Å². The van der Waals surface area contributed by atoms with Gasteiger partial charge in [0.15, 0.2) is 0 Å². The van der Waals surface area contributed by atoms with E-state index in [1.165, 1.54) is 11.5 Å². The third-order valence-electron chi connectivity index (χ3n) is 1.33. The quantitative estimate of drug-likeness (QED) is 0.414. The molecule has 0 heterocycles. The predicted molar refractivity (Wildman–Crippen MR) is 66.0 cm³/mol. The molecular weight excluding hydrogens is 200 g/mol. The molecular formula is C10H20OS2. The van der Waals surface area contributed by atoms with Crippen LogP contribution in [0.5, 0.6) is 0 Å². The maximum Gasteiger partial charge on any atom is 0.0556 e. The fourth-order valence-corrected chi connectivity index (χ4v) is 2.47. The molecule has 0 spiro atoms. The van der Waals surface area contributed by atoms with Crippen molar-refractivity contribution >= 4 is 23.5 Å². The minimum Gasteiger partial charge on any atom is -0.381 e. The van der Waals surface area contributed by atoms with Crippen LogP contribution in [0.25, 0.3) is 0 Å². The smallest absolute Gasteiger partial charge is 0.0556 e. The Morgan fingerprint density at radius 2 is 1.92 bits per heavy atom. The van der Waals surface area contributed by atoms with Gasteiger partial charge in [0.25, 0.3) is 0 Å². The van der Waals surface area contributed by atoms with E-state index in [2.05, 4.69) is 13.5 Å². The maximum absolute atomic E-state index is 5.37. The first kappa shape index (κ1) is 13.4. The fourth-order valence-electron chi connectivity index (χ4n) is 0.751. The Balaban J connectivity index is 2.79. The van der Waals surface area contributed by atoms with Crippen LogP contribution in [-0.2, 0) is 4.74 Å². The molecule has 0 atom stereocenters. The van der Waals surface area contributed by atoms with Crippen LogP contribution in [0, 0.1) is 0 Å². The molecule has 0 aromatic rings. The highest BCUT2D eigenvalue weighted by atomic mass is 32.2. The van der Waals surface area contributed by atoms with Crippen LogP contribution in [0.15, 0.2) is 12.7 Å². The molecule has 0 aromatic carbocycles. The number of ether oxygens (including phenoxy) is 1. The molecule has 0 aliphatic heterocycles. The van der Waals surface area contributed by atoms with Crippen LogP contribution in [0.4, 0.5) is 0 Å². The van der Waals surface area contributed by atoms with Gasteiger partial charge in [0.2, 0.25) is 0 Å². The number of hydrogen-bond donors (Lipinski definition) is 0. The predicted octanol–water partition coefficient (Wildman–Crippen LogP) is 3.07. The monoisotopic (exact) mass is 220 g/mol. The van der Waals surface area contributed by atoms with Gasteiger partial charge in [0.1, 0.15) is 0 Å². The highest BCUT2D eigenvalue weighted by molar-refractivity contribution is 8.03. The lowest BCUT2D eigenvalue weighted by atomic mass is 10.5. The zero-order valence-corrected chi connectivity index (χ0v) is 10.1. The fraction of sp³-hybridized carbons (Fsp3) is 0.800. The highest BCUT2D eigenvalue weighted by Crippen LogP contribution is 2.06. The highest BCUT2D eigenvalue weighted by Gasteiger charge is 1.90. The van der Waals surface area contributed by atoms with E-state index in [1.807, 2.05) is 29.6 Å². The zero-order chi connectivity index (χ0) is 9.78. The zero-order valence-electron chi connectivity index (χ0n) is 8.46. The Hall–Kier alpha value is 0.400. The Labute approximate surface area is 90.7 Å². The summed E-state index contributed by atoms with van der Waals surface area (Å²) in [6.07, 6.45) is 3.08. The van der Waals surface area contributed by atoms with Crippen molar-refractivity contribution in [1.29, 1.82) is 0 Å². The Kier molecular flexibility index (Phi) is 12.8. The molecule has 0 rings (SSSR count). The second kappa shape index (κ2) is 12.4. The molecule has 1 nitrogen and oxygen atoms in total. The van der Waals surface area contributed by atoms with E-state index in [9.17, 15) is 0 Å². The van der Waals surface area contributed by atoms with Crippen LogP contribution >= 0.6 is 23.5 Å². The minimum atomic E-state index is 0.907. The van der Waals surface area contributed by atoms with E-state index in [0.717, 1.165) is 31.1 Å². The molecule has 0 amide bonds. The lowest BCUT2D eigenvalue weighted by Crippen LogP contribution is -1.99. The Morgan fingerprint density at radius 1 is 1.15 bits per heavy atom.